The van der Waals surface area contributed by atoms with Crippen LogP contribution < -0.4 is 4.72 Å². The van der Waals surface area contributed by atoms with Gasteiger partial charge in [0.1, 0.15) is 0 Å². The van der Waals surface area contributed by atoms with Crippen LogP contribution >= 0.6 is 0 Å². The summed E-state index contributed by atoms with van der Waals surface area (Å²) in [7, 11) is 0. The van der Waals surface area contributed by atoms with E-state index in [9.17, 15) is 13.5 Å². The van der Waals surface area contributed by atoms with Gasteiger partial charge in [0.2, 0.25) is 11.3 Å². The van der Waals surface area contributed by atoms with Crippen LogP contribution in [-0.2, 0) is 31.5 Å². The second-order valence-electron chi connectivity index (χ2n) is 3.23. The minimum atomic E-state index is -2.36. The van der Waals surface area contributed by atoms with Crippen LogP contribution in [0.4, 0.5) is 0 Å². The van der Waals surface area contributed by atoms with Crippen molar-refractivity contribution < 1.29 is 31.5 Å². The first-order chi connectivity index (χ1) is 7.49. The molecule has 0 bridgehead atoms. The standard InChI is InChI=1S/C6H13NO7S2/c8-6-1-4(2-14-16(11)12)13-3-5(6)7-15(9)10/h4-8H,1-3H2,(H,9,10)(H,11,12). The van der Waals surface area contributed by atoms with E-state index in [4.69, 9.17) is 13.8 Å². The van der Waals surface area contributed by atoms with Gasteiger partial charge >= 0.3 is 11.4 Å². The van der Waals surface area contributed by atoms with Gasteiger partial charge < -0.3 is 9.84 Å². The van der Waals surface area contributed by atoms with Crippen LogP contribution in [-0.4, -0.2) is 54.1 Å². The van der Waals surface area contributed by atoms with Crippen molar-refractivity contribution in [2.24, 2.45) is 0 Å². The lowest BCUT2D eigenvalue weighted by Gasteiger charge is -2.32. The molecule has 1 rings (SSSR count). The van der Waals surface area contributed by atoms with E-state index in [2.05, 4.69) is 8.91 Å². The summed E-state index contributed by atoms with van der Waals surface area (Å²) < 4.78 is 49.4. The minimum absolute atomic E-state index is 0.0273. The molecular weight excluding hydrogens is 262 g/mol. The summed E-state index contributed by atoms with van der Waals surface area (Å²) in [5.74, 6) is 0. The highest BCUT2D eigenvalue weighted by molar-refractivity contribution is 7.77. The Bertz CT molecular complexity index is 276. The summed E-state index contributed by atoms with van der Waals surface area (Å²) in [5.41, 5.74) is 0. The Morgan fingerprint density at radius 1 is 1.44 bits per heavy atom. The predicted octanol–water partition coefficient (Wildman–Crippen LogP) is -1.62. The summed E-state index contributed by atoms with van der Waals surface area (Å²) in [6, 6.07) is -0.637. The zero-order chi connectivity index (χ0) is 12.1. The van der Waals surface area contributed by atoms with Crippen LogP contribution in [0, 0.1) is 0 Å². The van der Waals surface area contributed by atoms with Gasteiger partial charge in [-0.15, -0.1) is 0 Å². The third-order valence-corrected chi connectivity index (χ3v) is 2.93. The van der Waals surface area contributed by atoms with Gasteiger partial charge in [0, 0.05) is 6.42 Å². The maximum absolute atomic E-state index is 10.4. The molecule has 0 aromatic carbocycles. The van der Waals surface area contributed by atoms with Crippen LogP contribution in [0.25, 0.3) is 0 Å². The van der Waals surface area contributed by atoms with Gasteiger partial charge in [-0.2, -0.15) is 4.21 Å². The Kier molecular flexibility index (Phi) is 5.92. The summed E-state index contributed by atoms with van der Waals surface area (Å²) >= 11 is -4.58. The van der Waals surface area contributed by atoms with E-state index in [0.29, 0.717) is 0 Å². The number of aliphatic hydroxyl groups is 1. The molecule has 96 valence electrons. The molecule has 0 aromatic rings. The maximum Gasteiger partial charge on any atom is 0.301 e. The van der Waals surface area contributed by atoms with E-state index >= 15 is 0 Å². The zero-order valence-corrected chi connectivity index (χ0v) is 9.78. The fraction of sp³-hybridized carbons (Fsp3) is 1.00. The van der Waals surface area contributed by atoms with E-state index in [1.54, 1.807) is 0 Å². The van der Waals surface area contributed by atoms with Crippen molar-refractivity contribution in [1.82, 2.24) is 4.72 Å². The third kappa shape index (κ3) is 4.93. The second-order valence-corrected chi connectivity index (χ2v) is 4.64. The van der Waals surface area contributed by atoms with Gasteiger partial charge in [0.25, 0.3) is 0 Å². The molecule has 0 aromatic heterocycles. The Balaban J connectivity index is 2.33. The molecule has 1 fully saturated rings. The first-order valence-corrected chi connectivity index (χ1v) is 6.53. The fourth-order valence-electron chi connectivity index (χ4n) is 1.34. The SMILES string of the molecule is O=S(O)NC1COC(COS(=O)O)CC1O. The van der Waals surface area contributed by atoms with Crippen molar-refractivity contribution in [3.8, 4) is 0 Å². The van der Waals surface area contributed by atoms with Crippen LogP contribution in [0.1, 0.15) is 6.42 Å². The number of hydrogen-bond acceptors (Lipinski definition) is 5. The van der Waals surface area contributed by atoms with Gasteiger partial charge in [-0.1, -0.05) is 0 Å². The number of aliphatic hydroxyl groups excluding tert-OH is 1. The van der Waals surface area contributed by atoms with Crippen LogP contribution in [0.3, 0.4) is 0 Å². The maximum atomic E-state index is 10.4. The van der Waals surface area contributed by atoms with Crippen molar-refractivity contribution in [3.05, 3.63) is 0 Å². The average Bonchev–Trinajstić information content (AvgIpc) is 2.18. The third-order valence-electron chi connectivity index (χ3n) is 2.09. The molecule has 16 heavy (non-hydrogen) atoms. The molecule has 10 heteroatoms. The summed E-state index contributed by atoms with van der Waals surface area (Å²) in [6.07, 6.45) is -1.21. The van der Waals surface area contributed by atoms with E-state index in [1.165, 1.54) is 0 Å². The number of ether oxygens (including phenoxy) is 1. The van der Waals surface area contributed by atoms with Crippen molar-refractivity contribution in [1.29, 1.82) is 0 Å². The van der Waals surface area contributed by atoms with Crippen molar-refractivity contribution in [2.45, 2.75) is 24.7 Å². The molecule has 0 radical (unpaired) electrons. The summed E-state index contributed by atoms with van der Waals surface area (Å²) in [5, 5.41) is 9.57. The highest BCUT2D eigenvalue weighted by Crippen LogP contribution is 2.15. The lowest BCUT2D eigenvalue weighted by Crippen LogP contribution is -2.51. The molecular formula is C6H13NO7S2. The quantitative estimate of drug-likeness (QED) is 0.444. The van der Waals surface area contributed by atoms with Crippen molar-refractivity contribution in [2.75, 3.05) is 13.2 Å². The molecule has 1 heterocycles. The molecule has 1 aliphatic rings. The van der Waals surface area contributed by atoms with E-state index in [-0.39, 0.29) is 19.6 Å². The van der Waals surface area contributed by atoms with E-state index < -0.39 is 40.9 Å². The topological polar surface area (TPSA) is 125 Å². The second kappa shape index (κ2) is 6.71. The molecule has 0 spiro atoms. The first kappa shape index (κ1) is 14.1. The molecule has 0 amide bonds. The molecule has 0 aliphatic carbocycles. The highest BCUT2D eigenvalue weighted by Gasteiger charge is 2.31. The number of hydrogen-bond donors (Lipinski definition) is 4. The lowest BCUT2D eigenvalue weighted by atomic mass is 10.0. The molecule has 8 nitrogen and oxygen atoms in total. The van der Waals surface area contributed by atoms with Gasteiger partial charge in [-0.25, -0.2) is 8.93 Å². The van der Waals surface area contributed by atoms with Crippen LogP contribution in [0.15, 0.2) is 0 Å². The largest absolute Gasteiger partial charge is 0.391 e. The molecule has 0 saturated carbocycles. The summed E-state index contributed by atoms with van der Waals surface area (Å²) in [6.45, 7) is -0.0886. The van der Waals surface area contributed by atoms with Crippen LogP contribution in [0.5, 0.6) is 0 Å². The monoisotopic (exact) mass is 275 g/mol. The smallest absolute Gasteiger partial charge is 0.301 e. The van der Waals surface area contributed by atoms with Gasteiger partial charge in [0.05, 0.1) is 31.5 Å². The average molecular weight is 275 g/mol. The Morgan fingerprint density at radius 3 is 2.62 bits per heavy atom. The Hall–Kier alpha value is 0.0600. The molecule has 1 aliphatic heterocycles. The highest BCUT2D eigenvalue weighted by atomic mass is 32.2. The van der Waals surface area contributed by atoms with Crippen LogP contribution in [0.2, 0.25) is 0 Å². The van der Waals surface area contributed by atoms with Crippen molar-refractivity contribution >= 4 is 22.6 Å². The lowest BCUT2D eigenvalue weighted by molar-refractivity contribution is -0.0746. The van der Waals surface area contributed by atoms with Gasteiger partial charge in [-0.3, -0.25) is 13.3 Å². The normalized spacial score (nSPS) is 34.6. The fourth-order valence-corrected chi connectivity index (χ4v) is 2.10. The van der Waals surface area contributed by atoms with E-state index in [1.807, 2.05) is 0 Å². The number of rotatable bonds is 5. The first-order valence-electron chi connectivity index (χ1n) is 4.40. The molecule has 4 N–H and O–H groups in total. The minimum Gasteiger partial charge on any atom is -0.391 e. The molecule has 5 atom stereocenters. The molecule has 5 unspecified atom stereocenters. The Labute approximate surface area is 97.2 Å². The van der Waals surface area contributed by atoms with E-state index in [0.717, 1.165) is 0 Å². The van der Waals surface area contributed by atoms with Crippen molar-refractivity contribution in [3.63, 3.8) is 0 Å². The van der Waals surface area contributed by atoms with Gasteiger partial charge in [-0.05, 0) is 0 Å². The molecule has 1 saturated heterocycles. The number of nitrogens with one attached hydrogen (secondary N) is 1. The zero-order valence-electron chi connectivity index (χ0n) is 8.14. The summed E-state index contributed by atoms with van der Waals surface area (Å²) in [4.78, 5) is 0. The predicted molar refractivity (Wildman–Crippen MR) is 54.8 cm³/mol. The van der Waals surface area contributed by atoms with Gasteiger partial charge in [0.15, 0.2) is 0 Å². The Morgan fingerprint density at radius 2 is 2.12 bits per heavy atom.